The van der Waals surface area contributed by atoms with Gasteiger partial charge >= 0.3 is 17.9 Å². The Morgan fingerprint density at radius 1 is 0.786 bits per heavy atom. The molecule has 2 aromatic carbocycles. The number of benzene rings is 2. The minimum atomic E-state index is -0.716. The summed E-state index contributed by atoms with van der Waals surface area (Å²) >= 11 is 0. The predicted molar refractivity (Wildman–Crippen MR) is 99.2 cm³/mol. The van der Waals surface area contributed by atoms with Crippen molar-refractivity contribution in [3.05, 3.63) is 64.7 Å². The number of ether oxygens (including phenoxy) is 3. The molecule has 0 spiro atoms. The Morgan fingerprint density at radius 3 is 1.86 bits per heavy atom. The normalized spacial score (nSPS) is 9.96. The summed E-state index contributed by atoms with van der Waals surface area (Å²) in [6, 6.07) is 10.4. The molecule has 0 aliphatic carbocycles. The Balaban J connectivity index is 1.96. The van der Waals surface area contributed by atoms with Gasteiger partial charge in [-0.15, -0.1) is 0 Å². The van der Waals surface area contributed by atoms with E-state index in [1.54, 1.807) is 19.1 Å². The standard InChI is InChI=1S/C20H19NO7/c1-12-4-5-15(19(24)27-3)10-16(12)21-17(22)11-28-20(25)14-8-6-13(7-9-14)18(23)26-2/h4-10H,11H2,1-3H3,(H,21,22). The van der Waals surface area contributed by atoms with Gasteiger partial charge in [-0.1, -0.05) is 6.07 Å². The lowest BCUT2D eigenvalue weighted by atomic mass is 10.1. The molecule has 0 radical (unpaired) electrons. The fourth-order valence-electron chi connectivity index (χ4n) is 2.26. The molecule has 0 saturated heterocycles. The highest BCUT2D eigenvalue weighted by atomic mass is 16.5. The van der Waals surface area contributed by atoms with E-state index in [-0.39, 0.29) is 16.7 Å². The number of anilines is 1. The molecular formula is C20H19NO7. The Bertz CT molecular complexity index is 903. The number of hydrogen-bond acceptors (Lipinski definition) is 7. The molecule has 2 aromatic rings. The molecule has 8 nitrogen and oxygen atoms in total. The molecule has 0 unspecified atom stereocenters. The van der Waals surface area contributed by atoms with Crippen LogP contribution in [0.1, 0.15) is 36.6 Å². The van der Waals surface area contributed by atoms with E-state index < -0.39 is 30.4 Å². The summed E-state index contributed by atoms with van der Waals surface area (Å²) < 4.78 is 14.2. The number of nitrogens with one attached hydrogen (secondary N) is 1. The summed E-state index contributed by atoms with van der Waals surface area (Å²) in [6.45, 7) is 1.24. The van der Waals surface area contributed by atoms with Gasteiger partial charge in [-0.25, -0.2) is 14.4 Å². The largest absolute Gasteiger partial charge is 0.465 e. The second-order valence-electron chi connectivity index (χ2n) is 5.71. The summed E-state index contributed by atoms with van der Waals surface area (Å²) in [5, 5.41) is 2.58. The van der Waals surface area contributed by atoms with E-state index in [1.165, 1.54) is 44.6 Å². The molecule has 146 valence electrons. The number of methoxy groups -OCH3 is 2. The van der Waals surface area contributed by atoms with Crippen molar-refractivity contribution in [1.82, 2.24) is 0 Å². The maximum Gasteiger partial charge on any atom is 0.338 e. The quantitative estimate of drug-likeness (QED) is 0.601. The zero-order chi connectivity index (χ0) is 20.7. The van der Waals surface area contributed by atoms with Gasteiger partial charge in [0.2, 0.25) is 0 Å². The van der Waals surface area contributed by atoms with Crippen molar-refractivity contribution in [3.8, 4) is 0 Å². The molecule has 0 fully saturated rings. The van der Waals surface area contributed by atoms with Crippen LogP contribution in [-0.4, -0.2) is 44.6 Å². The zero-order valence-electron chi connectivity index (χ0n) is 15.6. The van der Waals surface area contributed by atoms with Gasteiger partial charge in [-0.2, -0.15) is 0 Å². The average Bonchev–Trinajstić information content (AvgIpc) is 2.72. The molecule has 1 amide bonds. The van der Waals surface area contributed by atoms with Crippen LogP contribution in [0.5, 0.6) is 0 Å². The molecular weight excluding hydrogens is 366 g/mol. The van der Waals surface area contributed by atoms with Gasteiger partial charge in [0.15, 0.2) is 6.61 Å². The monoisotopic (exact) mass is 385 g/mol. The van der Waals surface area contributed by atoms with Crippen LogP contribution in [0, 0.1) is 6.92 Å². The van der Waals surface area contributed by atoms with E-state index in [0.29, 0.717) is 5.69 Å². The molecule has 0 aliphatic heterocycles. The Morgan fingerprint density at radius 2 is 1.29 bits per heavy atom. The van der Waals surface area contributed by atoms with Crippen LogP contribution in [0.3, 0.4) is 0 Å². The van der Waals surface area contributed by atoms with E-state index in [9.17, 15) is 19.2 Å². The van der Waals surface area contributed by atoms with Crippen molar-refractivity contribution in [2.75, 3.05) is 26.1 Å². The van der Waals surface area contributed by atoms with Gasteiger partial charge in [0.05, 0.1) is 30.9 Å². The minimum Gasteiger partial charge on any atom is -0.465 e. The molecule has 28 heavy (non-hydrogen) atoms. The number of rotatable bonds is 6. The van der Waals surface area contributed by atoms with Crippen molar-refractivity contribution in [3.63, 3.8) is 0 Å². The summed E-state index contributed by atoms with van der Waals surface area (Å²) in [4.78, 5) is 47.1. The molecule has 2 rings (SSSR count). The first-order chi connectivity index (χ1) is 13.3. The fraction of sp³-hybridized carbons (Fsp3) is 0.200. The van der Waals surface area contributed by atoms with E-state index in [2.05, 4.69) is 14.8 Å². The number of esters is 3. The van der Waals surface area contributed by atoms with Gasteiger partial charge < -0.3 is 19.5 Å². The second kappa shape index (κ2) is 9.31. The van der Waals surface area contributed by atoms with E-state index in [0.717, 1.165) is 5.56 Å². The topological polar surface area (TPSA) is 108 Å². The Hall–Kier alpha value is -3.68. The molecule has 0 atom stereocenters. The lowest BCUT2D eigenvalue weighted by molar-refractivity contribution is -0.119. The van der Waals surface area contributed by atoms with E-state index in [4.69, 9.17) is 4.74 Å². The third-order valence-corrected chi connectivity index (χ3v) is 3.81. The van der Waals surface area contributed by atoms with Crippen molar-refractivity contribution in [2.45, 2.75) is 6.92 Å². The van der Waals surface area contributed by atoms with Crippen molar-refractivity contribution < 1.29 is 33.4 Å². The van der Waals surface area contributed by atoms with Crippen LogP contribution in [0.15, 0.2) is 42.5 Å². The number of aryl methyl sites for hydroxylation is 1. The highest BCUT2D eigenvalue weighted by Gasteiger charge is 2.14. The lowest BCUT2D eigenvalue weighted by Gasteiger charge is -2.10. The van der Waals surface area contributed by atoms with Gasteiger partial charge in [-0.05, 0) is 48.9 Å². The molecule has 0 aliphatic rings. The highest BCUT2D eigenvalue weighted by molar-refractivity contribution is 5.98. The van der Waals surface area contributed by atoms with Crippen LogP contribution in [-0.2, 0) is 19.0 Å². The third-order valence-electron chi connectivity index (χ3n) is 3.81. The van der Waals surface area contributed by atoms with E-state index in [1.807, 2.05) is 0 Å². The first kappa shape index (κ1) is 20.6. The first-order valence-electron chi connectivity index (χ1n) is 8.20. The number of carbonyl (C=O) groups excluding carboxylic acids is 4. The Labute approximate surface area is 161 Å². The van der Waals surface area contributed by atoms with Crippen LogP contribution < -0.4 is 5.32 Å². The summed E-state index contributed by atoms with van der Waals surface area (Å²) in [6.07, 6.45) is 0. The van der Waals surface area contributed by atoms with Crippen LogP contribution in [0.25, 0.3) is 0 Å². The maximum atomic E-state index is 12.1. The van der Waals surface area contributed by atoms with Crippen molar-refractivity contribution >= 4 is 29.5 Å². The third kappa shape index (κ3) is 5.16. The highest BCUT2D eigenvalue weighted by Crippen LogP contribution is 2.17. The molecule has 0 bridgehead atoms. The summed E-state index contributed by atoms with van der Waals surface area (Å²) in [7, 11) is 2.52. The smallest absolute Gasteiger partial charge is 0.338 e. The SMILES string of the molecule is COC(=O)c1ccc(C(=O)OCC(=O)Nc2cc(C(=O)OC)ccc2C)cc1. The van der Waals surface area contributed by atoms with Gasteiger partial charge in [0, 0.05) is 5.69 Å². The molecule has 0 saturated carbocycles. The second-order valence-corrected chi connectivity index (χ2v) is 5.71. The van der Waals surface area contributed by atoms with Crippen LogP contribution in [0.4, 0.5) is 5.69 Å². The van der Waals surface area contributed by atoms with Crippen molar-refractivity contribution in [1.29, 1.82) is 0 Å². The van der Waals surface area contributed by atoms with Gasteiger partial charge in [0.1, 0.15) is 0 Å². The minimum absolute atomic E-state index is 0.185. The lowest BCUT2D eigenvalue weighted by Crippen LogP contribution is -2.21. The molecule has 1 N–H and O–H groups in total. The van der Waals surface area contributed by atoms with Crippen LogP contribution in [0.2, 0.25) is 0 Å². The number of hydrogen-bond donors (Lipinski definition) is 1. The number of carbonyl (C=O) groups is 4. The van der Waals surface area contributed by atoms with Crippen molar-refractivity contribution in [2.24, 2.45) is 0 Å². The first-order valence-corrected chi connectivity index (χ1v) is 8.20. The fourth-order valence-corrected chi connectivity index (χ4v) is 2.26. The average molecular weight is 385 g/mol. The molecule has 8 heteroatoms. The summed E-state index contributed by atoms with van der Waals surface area (Å²) in [5.41, 5.74) is 1.89. The van der Waals surface area contributed by atoms with Gasteiger partial charge in [0.25, 0.3) is 5.91 Å². The van der Waals surface area contributed by atoms with Gasteiger partial charge in [-0.3, -0.25) is 4.79 Å². The summed E-state index contributed by atoms with van der Waals surface area (Å²) in [5.74, 6) is -2.34. The predicted octanol–water partition coefficient (Wildman–Crippen LogP) is 2.36. The Kier molecular flexibility index (Phi) is 6.86. The molecule has 0 heterocycles. The van der Waals surface area contributed by atoms with E-state index >= 15 is 0 Å². The molecule has 0 aromatic heterocycles. The zero-order valence-corrected chi connectivity index (χ0v) is 15.6. The number of amides is 1. The maximum absolute atomic E-state index is 12.1. The van der Waals surface area contributed by atoms with Crippen LogP contribution >= 0.6 is 0 Å².